The molecule has 0 aliphatic rings. The van der Waals surface area contributed by atoms with E-state index in [1.165, 1.54) is 6.07 Å². The maximum absolute atomic E-state index is 13.5. The van der Waals surface area contributed by atoms with E-state index in [0.29, 0.717) is 12.0 Å². The Morgan fingerprint density at radius 3 is 2.74 bits per heavy atom. The summed E-state index contributed by atoms with van der Waals surface area (Å²) in [4.78, 5) is 12.0. The normalized spacial score (nSPS) is 10.7. The number of rotatable bonds is 5. The molecule has 0 atom stereocenters. The van der Waals surface area contributed by atoms with Gasteiger partial charge in [0, 0.05) is 25.1 Å². The molecule has 2 rings (SSSR count). The second kappa shape index (κ2) is 5.78. The number of benzene rings is 1. The zero-order valence-electron chi connectivity index (χ0n) is 11.2. The van der Waals surface area contributed by atoms with Crippen molar-refractivity contribution in [3.63, 3.8) is 0 Å². The average Bonchev–Trinajstić information content (AvgIpc) is 2.72. The van der Waals surface area contributed by atoms with Crippen LogP contribution in [0.3, 0.4) is 0 Å². The second-order valence-electron chi connectivity index (χ2n) is 4.58. The third-order valence-electron chi connectivity index (χ3n) is 3.01. The number of Topliss-reactive ketones (excluding diaryl/α,β-unsaturated/α-hetero) is 1. The van der Waals surface area contributed by atoms with Gasteiger partial charge in [-0.2, -0.15) is 5.10 Å². The maximum atomic E-state index is 13.5. The van der Waals surface area contributed by atoms with Crippen LogP contribution in [0.5, 0.6) is 0 Å². The van der Waals surface area contributed by atoms with E-state index in [1.807, 2.05) is 24.6 Å². The molecule has 3 nitrogen and oxygen atoms in total. The Bertz CT molecular complexity index is 590. The molecular weight excluding hydrogens is 243 g/mol. The SMILES string of the molecule is CCn1nc(C)cc1CC(=O)Cc1ccccc1F. The van der Waals surface area contributed by atoms with E-state index >= 15 is 0 Å². The van der Waals surface area contributed by atoms with Crippen molar-refractivity contribution in [2.45, 2.75) is 33.2 Å². The number of aromatic nitrogens is 2. The number of carbonyl (C=O) groups excluding carboxylic acids is 1. The molecule has 2 aromatic rings. The minimum Gasteiger partial charge on any atom is -0.299 e. The molecule has 0 bridgehead atoms. The molecule has 1 aromatic heterocycles. The lowest BCUT2D eigenvalue weighted by atomic mass is 10.1. The third kappa shape index (κ3) is 3.28. The van der Waals surface area contributed by atoms with E-state index in [4.69, 9.17) is 0 Å². The summed E-state index contributed by atoms with van der Waals surface area (Å²) < 4.78 is 15.3. The molecule has 0 saturated carbocycles. The molecule has 0 unspecified atom stereocenters. The van der Waals surface area contributed by atoms with E-state index in [-0.39, 0.29) is 18.0 Å². The van der Waals surface area contributed by atoms with Gasteiger partial charge in [-0.05, 0) is 31.5 Å². The number of nitrogens with zero attached hydrogens (tertiary/aromatic N) is 2. The van der Waals surface area contributed by atoms with Crippen molar-refractivity contribution in [1.82, 2.24) is 9.78 Å². The van der Waals surface area contributed by atoms with Crippen molar-refractivity contribution < 1.29 is 9.18 Å². The first-order valence-electron chi connectivity index (χ1n) is 6.38. The second-order valence-corrected chi connectivity index (χ2v) is 4.58. The Labute approximate surface area is 112 Å². The van der Waals surface area contributed by atoms with Gasteiger partial charge in [-0.3, -0.25) is 9.48 Å². The maximum Gasteiger partial charge on any atom is 0.143 e. The van der Waals surface area contributed by atoms with Gasteiger partial charge in [0.1, 0.15) is 11.6 Å². The Kier molecular flexibility index (Phi) is 4.10. The van der Waals surface area contributed by atoms with Gasteiger partial charge in [0.05, 0.1) is 5.69 Å². The fraction of sp³-hybridized carbons (Fsp3) is 0.333. The van der Waals surface area contributed by atoms with Gasteiger partial charge in [0.2, 0.25) is 0 Å². The summed E-state index contributed by atoms with van der Waals surface area (Å²) in [6.07, 6.45) is 0.420. The van der Waals surface area contributed by atoms with E-state index in [9.17, 15) is 9.18 Å². The van der Waals surface area contributed by atoms with Crippen LogP contribution in [0.25, 0.3) is 0 Å². The molecule has 0 radical (unpaired) electrons. The molecule has 0 fully saturated rings. The Morgan fingerprint density at radius 1 is 1.32 bits per heavy atom. The fourth-order valence-electron chi connectivity index (χ4n) is 2.13. The molecule has 100 valence electrons. The highest BCUT2D eigenvalue weighted by atomic mass is 19.1. The number of carbonyl (C=O) groups is 1. The van der Waals surface area contributed by atoms with Crippen molar-refractivity contribution >= 4 is 5.78 Å². The highest BCUT2D eigenvalue weighted by molar-refractivity contribution is 5.82. The van der Waals surface area contributed by atoms with E-state index in [0.717, 1.165) is 17.9 Å². The first kappa shape index (κ1) is 13.5. The lowest BCUT2D eigenvalue weighted by Gasteiger charge is -2.05. The van der Waals surface area contributed by atoms with Crippen LogP contribution in [0.4, 0.5) is 4.39 Å². The molecule has 0 amide bonds. The van der Waals surface area contributed by atoms with Gasteiger partial charge in [-0.15, -0.1) is 0 Å². The van der Waals surface area contributed by atoms with Gasteiger partial charge in [-0.1, -0.05) is 18.2 Å². The third-order valence-corrected chi connectivity index (χ3v) is 3.01. The zero-order chi connectivity index (χ0) is 13.8. The topological polar surface area (TPSA) is 34.9 Å². The standard InChI is InChI=1S/C15H17FN2O/c1-3-18-13(8-11(2)17-18)10-14(19)9-12-6-4-5-7-15(12)16/h4-8H,3,9-10H2,1-2H3. The quantitative estimate of drug-likeness (QED) is 0.828. The van der Waals surface area contributed by atoms with Crippen molar-refractivity contribution in [2.24, 2.45) is 0 Å². The summed E-state index contributed by atoms with van der Waals surface area (Å²) in [5.74, 6) is -0.323. The summed E-state index contributed by atoms with van der Waals surface area (Å²) >= 11 is 0. The number of hydrogen-bond donors (Lipinski definition) is 0. The van der Waals surface area contributed by atoms with Crippen molar-refractivity contribution in [3.8, 4) is 0 Å². The van der Waals surface area contributed by atoms with Crippen LogP contribution in [0.15, 0.2) is 30.3 Å². The van der Waals surface area contributed by atoms with Crippen molar-refractivity contribution in [3.05, 3.63) is 53.1 Å². The van der Waals surface area contributed by atoms with Gasteiger partial charge >= 0.3 is 0 Å². The van der Waals surface area contributed by atoms with Crippen LogP contribution >= 0.6 is 0 Å². The number of aryl methyl sites for hydroxylation is 2. The van der Waals surface area contributed by atoms with Crippen LogP contribution in [-0.2, 0) is 24.2 Å². The minimum atomic E-state index is -0.323. The van der Waals surface area contributed by atoms with E-state index < -0.39 is 0 Å². The number of ketones is 1. The van der Waals surface area contributed by atoms with Gasteiger partial charge in [-0.25, -0.2) is 4.39 Å². The first-order chi connectivity index (χ1) is 9.10. The highest BCUT2D eigenvalue weighted by Gasteiger charge is 2.12. The summed E-state index contributed by atoms with van der Waals surface area (Å²) in [7, 11) is 0. The molecule has 1 aromatic carbocycles. The highest BCUT2D eigenvalue weighted by Crippen LogP contribution is 2.11. The lowest BCUT2D eigenvalue weighted by Crippen LogP contribution is -2.12. The lowest BCUT2D eigenvalue weighted by molar-refractivity contribution is -0.117. The van der Waals surface area contributed by atoms with Gasteiger partial charge in [0.25, 0.3) is 0 Å². The smallest absolute Gasteiger partial charge is 0.143 e. The summed E-state index contributed by atoms with van der Waals surface area (Å²) in [6.45, 7) is 4.62. The summed E-state index contributed by atoms with van der Waals surface area (Å²) in [5.41, 5.74) is 2.24. The zero-order valence-corrected chi connectivity index (χ0v) is 11.2. The predicted octanol–water partition coefficient (Wildman–Crippen LogP) is 2.70. The first-order valence-corrected chi connectivity index (χ1v) is 6.38. The van der Waals surface area contributed by atoms with Crippen LogP contribution in [-0.4, -0.2) is 15.6 Å². The van der Waals surface area contributed by atoms with E-state index in [1.54, 1.807) is 18.2 Å². The molecule has 0 N–H and O–H groups in total. The predicted molar refractivity (Wildman–Crippen MR) is 71.5 cm³/mol. The number of hydrogen-bond acceptors (Lipinski definition) is 2. The Balaban J connectivity index is 2.07. The molecule has 4 heteroatoms. The van der Waals surface area contributed by atoms with Crippen molar-refractivity contribution in [2.75, 3.05) is 0 Å². The Morgan fingerprint density at radius 2 is 2.05 bits per heavy atom. The molecule has 1 heterocycles. The molecule has 19 heavy (non-hydrogen) atoms. The molecule has 0 spiro atoms. The van der Waals surface area contributed by atoms with Crippen LogP contribution < -0.4 is 0 Å². The van der Waals surface area contributed by atoms with Gasteiger partial charge < -0.3 is 0 Å². The Hall–Kier alpha value is -1.97. The molecule has 0 aliphatic carbocycles. The van der Waals surface area contributed by atoms with Crippen LogP contribution in [0, 0.1) is 12.7 Å². The van der Waals surface area contributed by atoms with Crippen LogP contribution in [0.2, 0.25) is 0 Å². The largest absolute Gasteiger partial charge is 0.299 e. The van der Waals surface area contributed by atoms with E-state index in [2.05, 4.69) is 5.10 Å². The molecule has 0 saturated heterocycles. The minimum absolute atomic E-state index is 0.000278. The van der Waals surface area contributed by atoms with Gasteiger partial charge in [0.15, 0.2) is 0 Å². The molecular formula is C15H17FN2O. The van der Waals surface area contributed by atoms with Crippen LogP contribution in [0.1, 0.15) is 23.9 Å². The number of halogens is 1. The monoisotopic (exact) mass is 260 g/mol. The summed E-state index contributed by atoms with van der Waals surface area (Å²) in [6, 6.07) is 8.30. The van der Waals surface area contributed by atoms with Crippen molar-refractivity contribution in [1.29, 1.82) is 0 Å². The molecule has 0 aliphatic heterocycles. The fourth-order valence-corrected chi connectivity index (χ4v) is 2.13. The average molecular weight is 260 g/mol. The summed E-state index contributed by atoms with van der Waals surface area (Å²) in [5, 5.41) is 4.30.